The second kappa shape index (κ2) is 9.57. The summed E-state index contributed by atoms with van der Waals surface area (Å²) < 4.78 is 21.1. The van der Waals surface area contributed by atoms with Crippen molar-refractivity contribution < 1.29 is 33.3 Å². The Bertz CT molecular complexity index is 1110. The summed E-state index contributed by atoms with van der Waals surface area (Å²) in [6, 6.07) is 15.4. The first kappa shape index (κ1) is 21.6. The minimum atomic E-state index is -0.751. The molecule has 0 aliphatic rings. The molecule has 31 heavy (non-hydrogen) atoms. The summed E-state index contributed by atoms with van der Waals surface area (Å²) in [4.78, 5) is 36.6. The number of ether oxygens (including phenoxy) is 4. The summed E-state index contributed by atoms with van der Waals surface area (Å²) in [7, 11) is 3.69. The molecule has 0 atom stereocenters. The molecule has 0 fully saturated rings. The van der Waals surface area contributed by atoms with Crippen molar-refractivity contribution in [1.82, 2.24) is 9.78 Å². The molecule has 0 spiro atoms. The van der Waals surface area contributed by atoms with E-state index in [0.717, 1.165) is 0 Å². The van der Waals surface area contributed by atoms with Crippen LogP contribution in [0, 0.1) is 0 Å². The molecule has 0 bridgehead atoms. The van der Waals surface area contributed by atoms with E-state index >= 15 is 0 Å². The summed E-state index contributed by atoms with van der Waals surface area (Å²) in [6.07, 6.45) is 0. The van der Waals surface area contributed by atoms with Crippen LogP contribution >= 0.6 is 0 Å². The average molecular weight is 424 g/mol. The van der Waals surface area contributed by atoms with Gasteiger partial charge < -0.3 is 18.9 Å². The first-order valence-electron chi connectivity index (χ1n) is 9.15. The van der Waals surface area contributed by atoms with Crippen molar-refractivity contribution in [1.29, 1.82) is 0 Å². The Morgan fingerprint density at radius 3 is 2.23 bits per heavy atom. The first-order chi connectivity index (χ1) is 15.0. The Morgan fingerprint density at radius 2 is 1.58 bits per heavy atom. The molecule has 0 radical (unpaired) electrons. The van der Waals surface area contributed by atoms with Crippen LogP contribution in [0.1, 0.15) is 20.8 Å². The summed E-state index contributed by atoms with van der Waals surface area (Å²) in [6.45, 7) is -0.282. The fraction of sp³-hybridized carbons (Fsp3) is 0.182. The molecule has 1 aromatic heterocycles. The third-order valence-corrected chi connectivity index (χ3v) is 4.35. The second-order valence-corrected chi connectivity index (χ2v) is 6.20. The second-order valence-electron chi connectivity index (χ2n) is 6.20. The van der Waals surface area contributed by atoms with Crippen molar-refractivity contribution in [3.63, 3.8) is 0 Å². The molecule has 9 heteroatoms. The highest BCUT2D eigenvalue weighted by Gasteiger charge is 2.31. The van der Waals surface area contributed by atoms with Gasteiger partial charge in [0.15, 0.2) is 12.3 Å². The third kappa shape index (κ3) is 4.55. The summed E-state index contributed by atoms with van der Waals surface area (Å²) in [5.74, 6) is -1.69. The molecule has 0 aliphatic carbocycles. The summed E-state index contributed by atoms with van der Waals surface area (Å²) >= 11 is 0. The van der Waals surface area contributed by atoms with Crippen LogP contribution in [0.4, 0.5) is 0 Å². The number of carbonyl (C=O) groups is 3. The number of hydrogen-bond donors (Lipinski definition) is 0. The van der Waals surface area contributed by atoms with Crippen molar-refractivity contribution in [2.24, 2.45) is 0 Å². The van der Waals surface area contributed by atoms with Gasteiger partial charge in [-0.05, 0) is 24.3 Å². The molecule has 160 valence electrons. The van der Waals surface area contributed by atoms with Crippen molar-refractivity contribution in [2.45, 2.75) is 0 Å². The molecule has 3 rings (SSSR count). The van der Waals surface area contributed by atoms with E-state index in [1.165, 1.54) is 26.0 Å². The molecule has 0 unspecified atom stereocenters. The van der Waals surface area contributed by atoms with Crippen molar-refractivity contribution >= 4 is 17.9 Å². The molecular formula is C22H20N2O7. The van der Waals surface area contributed by atoms with Crippen LogP contribution in [0.15, 0.2) is 54.6 Å². The zero-order chi connectivity index (χ0) is 22.4. The summed E-state index contributed by atoms with van der Waals surface area (Å²) in [5.41, 5.74) is 1.10. The number of rotatable bonds is 7. The Labute approximate surface area is 178 Å². The number of methoxy groups -OCH3 is 3. The van der Waals surface area contributed by atoms with Crippen molar-refractivity contribution in [2.75, 3.05) is 27.9 Å². The highest BCUT2D eigenvalue weighted by molar-refractivity contribution is 6.06. The van der Waals surface area contributed by atoms with Crippen LogP contribution in [0.3, 0.4) is 0 Å². The molecule has 1 heterocycles. The van der Waals surface area contributed by atoms with E-state index in [1.54, 1.807) is 48.5 Å². The number of aromatic nitrogens is 2. The maximum atomic E-state index is 12.7. The van der Waals surface area contributed by atoms with Crippen LogP contribution in [0.5, 0.6) is 5.75 Å². The quantitative estimate of drug-likeness (QED) is 0.421. The van der Waals surface area contributed by atoms with E-state index in [1.807, 2.05) is 6.07 Å². The standard InChI is InChI=1S/C22H20N2O7/c1-28-17(25)13-31-16-11-7-8-14(12-16)19-18(21(26)29-2)20(22(27)30-3)24(23-19)15-9-5-4-6-10-15/h4-12H,13H2,1-3H3. The van der Waals surface area contributed by atoms with Crippen molar-refractivity contribution in [3.05, 3.63) is 65.9 Å². The predicted octanol–water partition coefficient (Wildman–Crippen LogP) is 2.66. The number of esters is 3. The van der Waals surface area contributed by atoms with Crippen LogP contribution < -0.4 is 4.74 Å². The molecular weight excluding hydrogens is 404 g/mol. The summed E-state index contributed by atoms with van der Waals surface area (Å²) in [5, 5.41) is 4.51. The van der Waals surface area contributed by atoms with Crippen LogP contribution in [0.25, 0.3) is 16.9 Å². The topological polar surface area (TPSA) is 106 Å². The van der Waals surface area contributed by atoms with Gasteiger partial charge in [0.05, 0.1) is 27.0 Å². The van der Waals surface area contributed by atoms with E-state index in [4.69, 9.17) is 14.2 Å². The first-order valence-corrected chi connectivity index (χ1v) is 9.15. The molecule has 0 aliphatic heterocycles. The minimum absolute atomic E-state index is 0.0525. The van der Waals surface area contributed by atoms with Crippen LogP contribution in [0.2, 0.25) is 0 Å². The Hall–Kier alpha value is -4.14. The minimum Gasteiger partial charge on any atom is -0.482 e. The number of nitrogens with zero attached hydrogens (tertiary/aromatic N) is 2. The highest BCUT2D eigenvalue weighted by atomic mass is 16.6. The fourth-order valence-electron chi connectivity index (χ4n) is 2.89. The fourth-order valence-corrected chi connectivity index (χ4v) is 2.89. The number of para-hydroxylation sites is 1. The zero-order valence-corrected chi connectivity index (χ0v) is 17.2. The van der Waals surface area contributed by atoms with Crippen molar-refractivity contribution in [3.8, 4) is 22.7 Å². The predicted molar refractivity (Wildman–Crippen MR) is 109 cm³/mol. The van der Waals surface area contributed by atoms with Gasteiger partial charge in [0.2, 0.25) is 0 Å². The van der Waals surface area contributed by atoms with Gasteiger partial charge >= 0.3 is 17.9 Å². The smallest absolute Gasteiger partial charge is 0.357 e. The lowest BCUT2D eigenvalue weighted by molar-refractivity contribution is -0.142. The molecule has 2 aromatic carbocycles. The SMILES string of the molecule is COC(=O)COc1cccc(-c2nn(-c3ccccc3)c(C(=O)OC)c2C(=O)OC)c1. The monoisotopic (exact) mass is 424 g/mol. The highest BCUT2D eigenvalue weighted by Crippen LogP contribution is 2.31. The molecule has 3 aromatic rings. The van der Waals surface area contributed by atoms with E-state index in [0.29, 0.717) is 17.0 Å². The zero-order valence-electron chi connectivity index (χ0n) is 17.2. The normalized spacial score (nSPS) is 10.3. The van der Waals surface area contributed by atoms with Crippen LogP contribution in [-0.4, -0.2) is 55.6 Å². The van der Waals surface area contributed by atoms with Gasteiger partial charge in [0, 0.05) is 5.56 Å². The van der Waals surface area contributed by atoms with Gasteiger partial charge in [-0.1, -0.05) is 30.3 Å². The van der Waals surface area contributed by atoms with E-state index < -0.39 is 17.9 Å². The number of hydrogen-bond acceptors (Lipinski definition) is 8. The Balaban J connectivity index is 2.18. The van der Waals surface area contributed by atoms with Gasteiger partial charge in [-0.15, -0.1) is 0 Å². The lowest BCUT2D eigenvalue weighted by atomic mass is 10.1. The Kier molecular flexibility index (Phi) is 6.66. The van der Waals surface area contributed by atoms with E-state index in [-0.39, 0.29) is 23.6 Å². The number of benzene rings is 2. The van der Waals surface area contributed by atoms with Gasteiger partial charge in [0.25, 0.3) is 0 Å². The largest absolute Gasteiger partial charge is 0.482 e. The molecule has 0 saturated heterocycles. The molecule has 0 amide bonds. The molecule has 9 nitrogen and oxygen atoms in total. The maximum Gasteiger partial charge on any atom is 0.357 e. The van der Waals surface area contributed by atoms with Gasteiger partial charge in [-0.3, -0.25) is 0 Å². The Morgan fingerprint density at radius 1 is 0.871 bits per heavy atom. The average Bonchev–Trinajstić information content (AvgIpc) is 3.23. The molecule has 0 N–H and O–H groups in total. The van der Waals surface area contributed by atoms with Gasteiger partial charge in [-0.25, -0.2) is 19.1 Å². The van der Waals surface area contributed by atoms with Crippen LogP contribution in [-0.2, 0) is 19.0 Å². The number of carbonyl (C=O) groups excluding carboxylic acids is 3. The van der Waals surface area contributed by atoms with E-state index in [9.17, 15) is 14.4 Å². The lowest BCUT2D eigenvalue weighted by Crippen LogP contribution is -2.15. The maximum absolute atomic E-state index is 12.7. The third-order valence-electron chi connectivity index (χ3n) is 4.35. The molecule has 0 saturated carbocycles. The van der Waals surface area contributed by atoms with Gasteiger partial charge in [-0.2, -0.15) is 5.10 Å². The van der Waals surface area contributed by atoms with Gasteiger partial charge in [0.1, 0.15) is 17.0 Å². The lowest BCUT2D eigenvalue weighted by Gasteiger charge is -2.07. The van der Waals surface area contributed by atoms with E-state index in [2.05, 4.69) is 9.84 Å².